The van der Waals surface area contributed by atoms with Gasteiger partial charge >= 0.3 is 0 Å². The second-order valence-electron chi connectivity index (χ2n) is 9.79. The molecule has 0 unspecified atom stereocenters. The van der Waals surface area contributed by atoms with E-state index in [1.54, 1.807) is 6.92 Å². The maximum Gasteiger partial charge on any atom is 0.243 e. The molecule has 0 spiro atoms. The van der Waals surface area contributed by atoms with Crippen LogP contribution in [0, 0.1) is 5.92 Å². The Bertz CT molecular complexity index is 863. The fourth-order valence-electron chi connectivity index (χ4n) is 3.66. The number of ketones is 1. The largest absolute Gasteiger partial charge is 0.370 e. The Hall–Kier alpha value is -3.42. The zero-order valence-electron chi connectivity index (χ0n) is 22.2. The fraction of sp³-hybridized carbons (Fsp3) is 0.739. The molecule has 0 radical (unpaired) electrons. The van der Waals surface area contributed by atoms with Crippen molar-refractivity contribution in [2.75, 3.05) is 19.7 Å². The second-order valence-corrected chi connectivity index (χ2v) is 9.79. The van der Waals surface area contributed by atoms with Gasteiger partial charge in [0, 0.05) is 20.0 Å². The van der Waals surface area contributed by atoms with Crippen LogP contribution in [0.4, 0.5) is 0 Å². The van der Waals surface area contributed by atoms with Crippen LogP contribution in [0.25, 0.3) is 0 Å². The number of hydrogen-bond acceptors (Lipinski definition) is 7. The van der Waals surface area contributed by atoms with E-state index in [1.807, 2.05) is 13.8 Å². The highest BCUT2D eigenvalue weighted by molar-refractivity contribution is 5.98. The van der Waals surface area contributed by atoms with E-state index in [0.29, 0.717) is 32.2 Å². The van der Waals surface area contributed by atoms with Gasteiger partial charge in [-0.25, -0.2) is 0 Å². The Morgan fingerprint density at radius 2 is 1.30 bits per heavy atom. The molecule has 4 atom stereocenters. The minimum Gasteiger partial charge on any atom is -0.370 e. The van der Waals surface area contributed by atoms with Crippen molar-refractivity contribution in [1.82, 2.24) is 16.0 Å². The molecule has 1 fully saturated rings. The molecule has 14 nitrogen and oxygen atoms in total. The smallest absolute Gasteiger partial charge is 0.243 e. The highest BCUT2D eigenvalue weighted by Gasteiger charge is 2.50. The van der Waals surface area contributed by atoms with Crippen molar-refractivity contribution in [3.63, 3.8) is 0 Å². The summed E-state index contributed by atoms with van der Waals surface area (Å²) in [7, 11) is 0. The lowest BCUT2D eigenvalue weighted by Gasteiger charge is -2.26. The van der Waals surface area contributed by atoms with Gasteiger partial charge in [-0.2, -0.15) is 0 Å². The number of nitrogens with two attached hydrogens (primary N) is 4. The number of carbonyl (C=O) groups excluding carboxylic acids is 4. The minimum absolute atomic E-state index is 0.0532. The number of guanidine groups is 2. The predicted octanol–water partition coefficient (Wildman–Crippen LogP) is -2.03. The summed E-state index contributed by atoms with van der Waals surface area (Å²) in [6.07, 6.45) is 1.76. The van der Waals surface area contributed by atoms with Gasteiger partial charge in [0.05, 0.1) is 12.6 Å². The summed E-state index contributed by atoms with van der Waals surface area (Å²) in [5, 5.41) is 8.11. The molecule has 1 aliphatic rings. The van der Waals surface area contributed by atoms with Crippen molar-refractivity contribution in [3.8, 4) is 0 Å². The highest BCUT2D eigenvalue weighted by Crippen LogP contribution is 2.29. The van der Waals surface area contributed by atoms with Gasteiger partial charge in [-0.05, 0) is 44.9 Å². The van der Waals surface area contributed by atoms with Gasteiger partial charge < -0.3 is 43.6 Å². The van der Waals surface area contributed by atoms with Crippen LogP contribution in [0.3, 0.4) is 0 Å². The molecule has 210 valence electrons. The van der Waals surface area contributed by atoms with Crippen molar-refractivity contribution in [2.45, 2.75) is 83.5 Å². The summed E-state index contributed by atoms with van der Waals surface area (Å²) >= 11 is 0. The quantitative estimate of drug-likeness (QED) is 0.0478. The lowest BCUT2D eigenvalue weighted by Crippen LogP contribution is -2.56. The van der Waals surface area contributed by atoms with E-state index in [1.165, 1.54) is 6.92 Å². The number of rotatable bonds is 17. The van der Waals surface area contributed by atoms with E-state index >= 15 is 0 Å². The number of nitrogens with zero attached hydrogens (tertiary/aromatic N) is 2. The number of carbonyl (C=O) groups is 4. The van der Waals surface area contributed by atoms with E-state index in [9.17, 15) is 19.2 Å². The number of ether oxygens (including phenoxy) is 1. The summed E-state index contributed by atoms with van der Waals surface area (Å²) in [4.78, 5) is 58.8. The van der Waals surface area contributed by atoms with Crippen molar-refractivity contribution >= 4 is 35.4 Å². The van der Waals surface area contributed by atoms with Crippen LogP contribution in [-0.4, -0.2) is 78.8 Å². The number of aliphatic imine (C=N–C) groups is 2. The molecule has 0 saturated carbocycles. The Kier molecular flexibility index (Phi) is 12.8. The number of hydrogen-bond donors (Lipinski definition) is 7. The lowest BCUT2D eigenvalue weighted by molar-refractivity contribution is -0.134. The van der Waals surface area contributed by atoms with E-state index in [0.717, 1.165) is 0 Å². The van der Waals surface area contributed by atoms with Crippen LogP contribution < -0.4 is 38.9 Å². The molecule has 1 aliphatic heterocycles. The van der Waals surface area contributed by atoms with Crippen LogP contribution in [-0.2, 0) is 23.9 Å². The molecule has 0 aliphatic carbocycles. The number of nitrogens with one attached hydrogen (secondary N) is 3. The summed E-state index contributed by atoms with van der Waals surface area (Å²) < 4.78 is 5.28. The van der Waals surface area contributed by atoms with E-state index in [2.05, 4.69) is 25.9 Å². The van der Waals surface area contributed by atoms with Crippen molar-refractivity contribution in [2.24, 2.45) is 38.8 Å². The molecule has 0 aromatic rings. The van der Waals surface area contributed by atoms with Crippen molar-refractivity contribution in [3.05, 3.63) is 0 Å². The third kappa shape index (κ3) is 12.4. The third-order valence-electron chi connectivity index (χ3n) is 5.66. The van der Waals surface area contributed by atoms with Crippen molar-refractivity contribution < 1.29 is 23.9 Å². The van der Waals surface area contributed by atoms with Gasteiger partial charge in [0.25, 0.3) is 0 Å². The van der Waals surface area contributed by atoms with Crippen molar-refractivity contribution in [1.29, 1.82) is 0 Å². The molecule has 3 amide bonds. The first kappa shape index (κ1) is 31.6. The SMILES string of the molecule is CC(=O)N[C@@H](CCCN=C(N)N)C(=O)N[C@@H](CC(C)C)C(=O)N[C@@H](CCCN=C(N)N)C(=O)[C@@]1(C)CO1. The molecule has 11 N–H and O–H groups in total. The topological polar surface area (TPSA) is 246 Å². The van der Waals surface area contributed by atoms with E-state index in [4.69, 9.17) is 27.7 Å². The Morgan fingerprint density at radius 1 is 0.838 bits per heavy atom. The third-order valence-corrected chi connectivity index (χ3v) is 5.66. The first-order valence-electron chi connectivity index (χ1n) is 12.4. The van der Waals surface area contributed by atoms with Crippen LogP contribution >= 0.6 is 0 Å². The molecule has 1 saturated heterocycles. The average molecular weight is 526 g/mol. The fourth-order valence-corrected chi connectivity index (χ4v) is 3.66. The highest BCUT2D eigenvalue weighted by atomic mass is 16.6. The number of epoxide rings is 1. The molecule has 37 heavy (non-hydrogen) atoms. The van der Waals surface area contributed by atoms with Gasteiger partial charge in [-0.1, -0.05) is 13.8 Å². The van der Waals surface area contributed by atoms with E-state index in [-0.39, 0.29) is 43.2 Å². The standard InChI is InChI=1S/C23H43N9O5/c1-13(2)11-17(32-19(35)16(30-14(3)33)8-6-10-29-22(26)27)20(36)31-15(7-5-9-28-21(24)25)18(34)23(4)12-37-23/h13,15-17H,5-12H2,1-4H3,(H,30,33)(H,31,36)(H,32,35)(H4,24,25,28)(H4,26,27,29)/t15-,16-,17-,23+/m0/s1. The molecule has 1 rings (SSSR count). The van der Waals surface area contributed by atoms with Crippen LogP contribution in [0.1, 0.15) is 59.8 Å². The Balaban J connectivity index is 2.95. The van der Waals surface area contributed by atoms with Crippen LogP contribution in [0.15, 0.2) is 9.98 Å². The minimum atomic E-state index is -0.948. The zero-order valence-corrected chi connectivity index (χ0v) is 22.2. The average Bonchev–Trinajstić information content (AvgIpc) is 3.54. The number of Topliss-reactive ketones (excluding diaryl/α,β-unsaturated/α-hetero) is 1. The maximum atomic E-state index is 13.3. The van der Waals surface area contributed by atoms with Gasteiger partial charge in [0.15, 0.2) is 17.7 Å². The van der Waals surface area contributed by atoms with Crippen LogP contribution in [0.5, 0.6) is 0 Å². The van der Waals surface area contributed by atoms with Gasteiger partial charge in [-0.15, -0.1) is 0 Å². The van der Waals surface area contributed by atoms with Crippen LogP contribution in [0.2, 0.25) is 0 Å². The zero-order chi connectivity index (χ0) is 28.2. The second kappa shape index (κ2) is 15.0. The molecular formula is C23H43N9O5. The molecule has 1 heterocycles. The van der Waals surface area contributed by atoms with Gasteiger partial charge in [-0.3, -0.25) is 29.2 Å². The molecule has 0 aromatic heterocycles. The molecule has 0 aromatic carbocycles. The van der Waals surface area contributed by atoms with E-state index < -0.39 is 41.4 Å². The summed E-state index contributed by atoms with van der Waals surface area (Å²) in [5.41, 5.74) is 20.4. The normalized spacial score (nSPS) is 18.6. The summed E-state index contributed by atoms with van der Waals surface area (Å²) in [6.45, 7) is 7.63. The first-order chi connectivity index (χ1) is 17.2. The monoisotopic (exact) mass is 525 g/mol. The van der Waals surface area contributed by atoms with Gasteiger partial charge in [0.1, 0.15) is 17.7 Å². The molecular weight excluding hydrogens is 482 g/mol. The van der Waals surface area contributed by atoms with Gasteiger partial charge in [0.2, 0.25) is 17.7 Å². The summed E-state index contributed by atoms with van der Waals surface area (Å²) in [6, 6.07) is -2.65. The Morgan fingerprint density at radius 3 is 1.73 bits per heavy atom. The summed E-state index contributed by atoms with van der Waals surface area (Å²) in [5.74, 6) is -1.75. The molecule has 14 heteroatoms. The number of amides is 3. The Labute approximate surface area is 217 Å². The predicted molar refractivity (Wildman–Crippen MR) is 140 cm³/mol. The maximum absolute atomic E-state index is 13.3. The first-order valence-corrected chi connectivity index (χ1v) is 12.4. The molecule has 0 bridgehead atoms. The lowest BCUT2D eigenvalue weighted by atomic mass is 9.95.